The van der Waals surface area contributed by atoms with Crippen LogP contribution in [0.15, 0.2) is 11.6 Å². The molecule has 5 rings (SSSR count). The summed E-state index contributed by atoms with van der Waals surface area (Å²) in [4.78, 5) is 12.7. The molecular formula is C30H47NaO5. The van der Waals surface area contributed by atoms with Gasteiger partial charge >= 0.3 is 29.6 Å². The van der Waals surface area contributed by atoms with Gasteiger partial charge in [-0.05, 0) is 97.2 Å². The molecule has 5 aliphatic rings. The number of aliphatic hydroxyl groups is 3. The molecular weight excluding hydrogens is 463 g/mol. The summed E-state index contributed by atoms with van der Waals surface area (Å²) in [6, 6.07) is 0. The van der Waals surface area contributed by atoms with Crippen LogP contribution in [0.5, 0.6) is 0 Å². The molecule has 4 fully saturated rings. The molecule has 3 N–H and O–H groups in total. The van der Waals surface area contributed by atoms with Crippen molar-refractivity contribution in [2.75, 3.05) is 6.61 Å². The Bertz CT molecular complexity index is 936. The number of rotatable bonds is 2. The van der Waals surface area contributed by atoms with Gasteiger partial charge < -0.3 is 25.2 Å². The molecule has 0 radical (unpaired) electrons. The molecule has 0 aromatic carbocycles. The molecule has 0 aromatic heterocycles. The Morgan fingerprint density at radius 2 is 1.69 bits per heavy atom. The van der Waals surface area contributed by atoms with Gasteiger partial charge in [-0.25, -0.2) is 0 Å². The van der Waals surface area contributed by atoms with E-state index in [2.05, 4.69) is 40.7 Å². The second-order valence-electron chi connectivity index (χ2n) is 14.5. The van der Waals surface area contributed by atoms with Gasteiger partial charge in [-0.2, -0.15) is 0 Å². The smallest absolute Gasteiger partial charge is 0.550 e. The zero-order valence-electron chi connectivity index (χ0n) is 23.6. The van der Waals surface area contributed by atoms with E-state index in [0.717, 1.165) is 38.5 Å². The van der Waals surface area contributed by atoms with Crippen LogP contribution in [-0.4, -0.2) is 40.1 Å². The van der Waals surface area contributed by atoms with Gasteiger partial charge in [-0.1, -0.05) is 53.2 Å². The van der Waals surface area contributed by atoms with Crippen molar-refractivity contribution in [2.24, 2.45) is 56.7 Å². The molecule has 0 aliphatic heterocycles. The largest absolute Gasteiger partial charge is 1.00 e. The van der Waals surface area contributed by atoms with E-state index >= 15 is 0 Å². The topological polar surface area (TPSA) is 101 Å². The summed E-state index contributed by atoms with van der Waals surface area (Å²) in [6.45, 7) is 13.5. The van der Waals surface area contributed by atoms with Crippen molar-refractivity contribution >= 4 is 5.97 Å². The van der Waals surface area contributed by atoms with E-state index in [4.69, 9.17) is 0 Å². The van der Waals surface area contributed by atoms with Crippen molar-refractivity contribution in [1.82, 2.24) is 0 Å². The molecule has 0 heterocycles. The number of carboxylic acids is 1. The third-order valence-corrected chi connectivity index (χ3v) is 13.5. The third kappa shape index (κ3) is 3.38. The Morgan fingerprint density at radius 1 is 1.03 bits per heavy atom. The van der Waals surface area contributed by atoms with E-state index in [0.29, 0.717) is 30.6 Å². The fourth-order valence-corrected chi connectivity index (χ4v) is 11.0. The Labute approximate surface area is 239 Å². The number of carbonyl (C=O) groups excluding carboxylic acids is 1. The normalized spacial score (nSPS) is 56.1. The molecule has 36 heavy (non-hydrogen) atoms. The summed E-state index contributed by atoms with van der Waals surface area (Å²) >= 11 is 0. The van der Waals surface area contributed by atoms with Crippen LogP contribution in [0.4, 0.5) is 0 Å². The zero-order chi connectivity index (χ0) is 25.8. The second kappa shape index (κ2) is 9.06. The van der Waals surface area contributed by atoms with Crippen LogP contribution >= 0.6 is 0 Å². The second-order valence-corrected chi connectivity index (χ2v) is 14.5. The van der Waals surface area contributed by atoms with Crippen molar-refractivity contribution in [2.45, 2.75) is 105 Å². The van der Waals surface area contributed by atoms with Gasteiger partial charge in [-0.3, -0.25) is 0 Å². The van der Waals surface area contributed by atoms with Gasteiger partial charge in [0.1, 0.15) is 0 Å². The predicted octanol–water partition coefficient (Wildman–Crippen LogP) is 0.702. The van der Waals surface area contributed by atoms with E-state index in [1.54, 1.807) is 0 Å². The summed E-state index contributed by atoms with van der Waals surface area (Å²) in [5.74, 6) is 0.422. The van der Waals surface area contributed by atoms with E-state index in [-0.39, 0.29) is 64.2 Å². The Hall–Kier alpha value is 0.0900. The average Bonchev–Trinajstić information content (AvgIpc) is 2.80. The van der Waals surface area contributed by atoms with Gasteiger partial charge in [0.25, 0.3) is 0 Å². The van der Waals surface area contributed by atoms with Crippen LogP contribution < -0.4 is 34.7 Å². The fourth-order valence-electron chi connectivity index (χ4n) is 11.0. The van der Waals surface area contributed by atoms with Crippen LogP contribution in [0.1, 0.15) is 92.9 Å². The number of aliphatic carboxylic acids is 1. The average molecular weight is 511 g/mol. The van der Waals surface area contributed by atoms with Crippen molar-refractivity contribution in [1.29, 1.82) is 0 Å². The number of hydrogen-bond acceptors (Lipinski definition) is 5. The SMILES string of the molecule is C[C@H]1[C@H](C)CC[C@]2(C(=O)[O-])CC[C@]3(C)C(=CC[C@@H]4[C@@]5(C)C[C@@H](O)[C@H](O)[C@@](C)(CO)[C@@H]5CC[C@]43C)[C@H]12.[Na+]. The number of fused-ring (bicyclic) bond motifs is 7. The maximum Gasteiger partial charge on any atom is 1.00 e. The van der Waals surface area contributed by atoms with Crippen LogP contribution in [0.2, 0.25) is 0 Å². The fraction of sp³-hybridized carbons (Fsp3) is 0.900. The van der Waals surface area contributed by atoms with Gasteiger partial charge in [0.05, 0.1) is 18.8 Å². The van der Waals surface area contributed by atoms with Gasteiger partial charge in [0.15, 0.2) is 0 Å². The summed E-state index contributed by atoms with van der Waals surface area (Å²) in [6.07, 6.45) is 7.20. The number of hydrogen-bond donors (Lipinski definition) is 3. The Balaban J connectivity index is 0.00000304. The monoisotopic (exact) mass is 510 g/mol. The first-order chi connectivity index (χ1) is 16.2. The molecule has 0 aromatic rings. The number of carbonyl (C=O) groups is 1. The van der Waals surface area contributed by atoms with Crippen LogP contribution in [0.3, 0.4) is 0 Å². The maximum absolute atomic E-state index is 12.7. The van der Waals surface area contributed by atoms with Crippen molar-refractivity contribution < 1.29 is 54.8 Å². The molecule has 0 saturated heterocycles. The first-order valence-electron chi connectivity index (χ1n) is 14.1. The van der Waals surface area contributed by atoms with E-state index in [9.17, 15) is 25.2 Å². The first-order valence-corrected chi connectivity index (χ1v) is 14.1. The van der Waals surface area contributed by atoms with Gasteiger partial charge in [0.2, 0.25) is 0 Å². The molecule has 6 heteroatoms. The molecule has 5 nitrogen and oxygen atoms in total. The molecule has 0 bridgehead atoms. The quantitative estimate of drug-likeness (QED) is 0.375. The van der Waals surface area contributed by atoms with E-state index in [1.807, 2.05) is 6.92 Å². The van der Waals surface area contributed by atoms with E-state index < -0.39 is 29.0 Å². The summed E-state index contributed by atoms with van der Waals surface area (Å²) in [7, 11) is 0. The molecule has 198 valence electrons. The maximum atomic E-state index is 12.7. The summed E-state index contributed by atoms with van der Waals surface area (Å²) < 4.78 is 0. The molecule has 12 atom stereocenters. The van der Waals surface area contributed by atoms with Crippen LogP contribution in [-0.2, 0) is 4.79 Å². The molecule has 5 aliphatic carbocycles. The Morgan fingerprint density at radius 3 is 2.31 bits per heavy atom. The van der Waals surface area contributed by atoms with E-state index in [1.165, 1.54) is 5.57 Å². The minimum absolute atomic E-state index is 0. The predicted molar refractivity (Wildman–Crippen MR) is 133 cm³/mol. The number of aliphatic hydroxyl groups excluding tert-OH is 3. The summed E-state index contributed by atoms with van der Waals surface area (Å²) in [5.41, 5.74) is -0.434. The minimum atomic E-state index is -0.914. The van der Waals surface area contributed by atoms with Crippen LogP contribution in [0.25, 0.3) is 0 Å². The molecule has 4 saturated carbocycles. The van der Waals surface area contributed by atoms with Gasteiger partial charge in [-0.15, -0.1) is 0 Å². The third-order valence-electron chi connectivity index (χ3n) is 13.5. The number of carboxylic acid groups (broad SMARTS) is 1. The Kier molecular flexibility index (Phi) is 7.32. The standard InChI is InChI=1S/C30H48O5.Na/c1-17-9-12-30(25(34)35)14-13-28(5)19(23(30)18(17)2)7-8-22-26(3)15-20(32)24(33)27(4,16-31)21(26)10-11-29(22,28)6;/h7,17-18,20-24,31-33H,8-16H2,1-6H3,(H,34,35);/q;+1/p-1/t17-,18+,20-,21-,22-,23+,24+,26+,27+,28-,29-,30+;/m1./s1. The van der Waals surface area contributed by atoms with Crippen LogP contribution in [0, 0.1) is 56.7 Å². The van der Waals surface area contributed by atoms with Crippen molar-refractivity contribution in [3.05, 3.63) is 11.6 Å². The molecule has 0 amide bonds. The summed E-state index contributed by atoms with van der Waals surface area (Å²) in [5, 5.41) is 45.0. The molecule has 0 unspecified atom stereocenters. The van der Waals surface area contributed by atoms with Gasteiger partial charge in [0, 0.05) is 16.8 Å². The molecule has 0 spiro atoms. The number of allylic oxidation sites excluding steroid dienone is 2. The van der Waals surface area contributed by atoms with Crippen molar-refractivity contribution in [3.63, 3.8) is 0 Å². The first kappa shape index (κ1) is 29.1. The minimum Gasteiger partial charge on any atom is -0.550 e. The zero-order valence-corrected chi connectivity index (χ0v) is 25.6. The van der Waals surface area contributed by atoms with Crippen molar-refractivity contribution in [3.8, 4) is 0 Å².